The molecule has 0 aliphatic heterocycles. The average Bonchev–Trinajstić information content (AvgIpc) is 3.30. The number of aromatic carboxylic acids is 2. The van der Waals surface area contributed by atoms with Gasteiger partial charge in [-0.25, -0.2) is 0 Å². The van der Waals surface area contributed by atoms with Gasteiger partial charge in [0.2, 0.25) is 0 Å². The number of carboxylic acid groups (broad SMARTS) is 2. The molecule has 10 heteroatoms. The second-order valence-electron chi connectivity index (χ2n) is 13.6. The van der Waals surface area contributed by atoms with Crippen LogP contribution in [0.1, 0.15) is 20.7 Å². The van der Waals surface area contributed by atoms with Gasteiger partial charge in [-0.1, -0.05) is 59.6 Å². The second-order valence-corrected chi connectivity index (χ2v) is 22.2. The minimum Gasteiger partial charge on any atom is 2.00 e. The first-order valence-corrected chi connectivity index (χ1v) is 23.8. The third kappa shape index (κ3) is 10.3. The van der Waals surface area contributed by atoms with Crippen molar-refractivity contribution >= 4 is 86.8 Å². The molecule has 0 atom stereocenters. The van der Waals surface area contributed by atoms with Crippen molar-refractivity contribution in [3.63, 3.8) is 0 Å². The van der Waals surface area contributed by atoms with E-state index >= 15 is 4.79 Å². The van der Waals surface area contributed by atoms with Gasteiger partial charge < -0.3 is 19.8 Å². The molecule has 0 aromatic heterocycles. The Morgan fingerprint density at radius 1 is 0.311 bits per heavy atom. The van der Waals surface area contributed by atoms with Gasteiger partial charge in [0.1, 0.15) is 0 Å². The Bertz CT molecular complexity index is 2260. The van der Waals surface area contributed by atoms with Crippen LogP contribution in [0.25, 0.3) is 0 Å². The first-order chi connectivity index (χ1) is 29.2. The van der Waals surface area contributed by atoms with E-state index in [9.17, 15) is 19.8 Å². The zero-order valence-electron chi connectivity index (χ0n) is 32.6. The van der Waals surface area contributed by atoms with Gasteiger partial charge in [-0.05, 0) is 12.1 Å². The molecule has 0 heterocycles. The summed E-state index contributed by atoms with van der Waals surface area (Å²) in [6.07, 6.45) is 0. The summed E-state index contributed by atoms with van der Waals surface area (Å²) in [6, 6.07) is 75.5. The van der Waals surface area contributed by atoms with E-state index in [1.165, 1.54) is 24.3 Å². The normalized spacial score (nSPS) is 11.2. The van der Waals surface area contributed by atoms with Gasteiger partial charge in [-0.3, -0.25) is 0 Å². The number of hydrogen-bond donors (Lipinski definition) is 0. The zero-order chi connectivity index (χ0) is 42.4. The van der Waals surface area contributed by atoms with E-state index in [2.05, 4.69) is 146 Å². The molecular formula is C51H40Cl2O5P2Ru. The molecule has 5 nitrogen and oxygen atoms in total. The molecule has 8 aromatic carbocycles. The molecule has 0 N–H and O–H groups in total. The summed E-state index contributed by atoms with van der Waals surface area (Å²) in [5.74, 6) is -2.49. The molecule has 61 heavy (non-hydrogen) atoms. The Labute approximate surface area is 380 Å². The van der Waals surface area contributed by atoms with Crippen LogP contribution in [0.15, 0.2) is 231 Å². The van der Waals surface area contributed by atoms with Crippen molar-refractivity contribution in [1.29, 1.82) is 0 Å². The molecule has 0 bridgehead atoms. The fraction of sp³-hybridized carbons (Fsp3) is 0. The minimum atomic E-state index is -3.29. The van der Waals surface area contributed by atoms with Crippen molar-refractivity contribution in [1.82, 2.24) is 0 Å². The summed E-state index contributed by atoms with van der Waals surface area (Å²) >= 11 is 11.0. The molecule has 0 saturated heterocycles. The third-order valence-electron chi connectivity index (χ3n) is 10.1. The van der Waals surface area contributed by atoms with Gasteiger partial charge in [-0.2, -0.15) is 0 Å². The quantitative estimate of drug-likeness (QED) is 0.102. The molecule has 0 saturated carbocycles. The number of benzene rings is 8. The van der Waals surface area contributed by atoms with Gasteiger partial charge >= 0.3 is 258 Å². The Morgan fingerprint density at radius 2 is 0.492 bits per heavy atom. The van der Waals surface area contributed by atoms with Crippen molar-refractivity contribution in [2.75, 3.05) is 0 Å². The van der Waals surface area contributed by atoms with Crippen molar-refractivity contribution in [3.8, 4) is 0 Å². The van der Waals surface area contributed by atoms with E-state index in [4.69, 9.17) is 23.2 Å². The van der Waals surface area contributed by atoms with Gasteiger partial charge in [0.25, 0.3) is 0 Å². The van der Waals surface area contributed by atoms with Crippen LogP contribution in [0.5, 0.6) is 0 Å². The van der Waals surface area contributed by atoms with Crippen molar-refractivity contribution in [2.24, 2.45) is 0 Å². The predicted octanol–water partition coefficient (Wildman–Crippen LogP) is 7.96. The van der Waals surface area contributed by atoms with Crippen LogP contribution < -0.4 is 42.0 Å². The Balaban J connectivity index is 0.000000275. The van der Waals surface area contributed by atoms with Gasteiger partial charge in [-0.15, -0.1) is 0 Å². The Morgan fingerprint density at radius 3 is 0.656 bits per heavy atom. The standard InChI is InChI=1S/C37H32OP2.2C7H5ClO2.Ru/c38-37(39(31-19-7-1-8-20-31,32-21-9-2-10-22-32)33-23-11-3-12-24-33)40(34-25-13-4-14-26-34,35-27-15-5-16-28-35)36-29-17-6-18-30-36;2*8-6-4-2-1-3-5(6)7(9)10;/h1-30,39-40H;2*1-4H,(H,9,10);/q;;;+2/p-2. The summed E-state index contributed by atoms with van der Waals surface area (Å²) in [5.41, 5.74) is 0.0633. The van der Waals surface area contributed by atoms with Crippen molar-refractivity contribution < 1.29 is 44.1 Å². The fourth-order valence-electron chi connectivity index (χ4n) is 7.45. The monoisotopic (exact) mass is 966 g/mol. The van der Waals surface area contributed by atoms with Crippen LogP contribution in [0.2, 0.25) is 10.0 Å². The molecule has 0 aliphatic carbocycles. The average molecular weight is 967 g/mol. The van der Waals surface area contributed by atoms with Gasteiger partial charge in [0.05, 0.1) is 11.9 Å². The molecule has 0 amide bonds. The van der Waals surface area contributed by atoms with Gasteiger partial charge in [0, 0.05) is 21.2 Å². The maximum absolute atomic E-state index is 16.4. The SMILES string of the molecule is O=C([O-])c1ccccc1Cl.O=C([O-])c1ccccc1Cl.O=C([PH](c1ccccc1)(c1ccccc1)c1ccccc1)[PH](c1ccccc1)(c1ccccc1)c1ccccc1.[Ru+2]. The number of halogens is 2. The van der Waals surface area contributed by atoms with Crippen LogP contribution in [-0.4, -0.2) is 17.2 Å². The summed E-state index contributed by atoms with van der Waals surface area (Å²) in [7, 11) is -6.58. The number of carbonyl (C=O) groups excluding carboxylic acids is 3. The zero-order valence-corrected chi connectivity index (χ0v) is 37.8. The van der Waals surface area contributed by atoms with Crippen molar-refractivity contribution in [2.45, 2.75) is 0 Å². The number of carbonyl (C=O) groups is 3. The van der Waals surface area contributed by atoms with Crippen molar-refractivity contribution in [3.05, 3.63) is 252 Å². The maximum Gasteiger partial charge on any atom is 2.00 e. The molecular weight excluding hydrogens is 926 g/mol. The van der Waals surface area contributed by atoms with Crippen LogP contribution >= 0.6 is 37.7 Å². The van der Waals surface area contributed by atoms with E-state index in [0.29, 0.717) is 5.27 Å². The first kappa shape index (κ1) is 46.5. The Kier molecular flexibility index (Phi) is 17.0. The van der Waals surface area contributed by atoms with E-state index < -0.39 is 26.5 Å². The Hall–Kier alpha value is -5.57. The fourth-order valence-corrected chi connectivity index (χ4v) is 20.5. The van der Waals surface area contributed by atoms with E-state index in [-0.39, 0.29) is 40.7 Å². The predicted molar refractivity (Wildman–Crippen MR) is 250 cm³/mol. The summed E-state index contributed by atoms with van der Waals surface area (Å²) in [6.45, 7) is 0. The van der Waals surface area contributed by atoms with Crippen LogP contribution in [0.4, 0.5) is 4.79 Å². The topological polar surface area (TPSA) is 97.3 Å². The van der Waals surface area contributed by atoms with E-state index in [1.54, 1.807) is 24.3 Å². The molecule has 8 rings (SSSR count). The molecule has 306 valence electrons. The summed E-state index contributed by atoms with van der Waals surface area (Å²) in [4.78, 5) is 36.9. The smallest absolute Gasteiger partial charge is 2.00 e. The summed E-state index contributed by atoms with van der Waals surface area (Å²) < 4.78 is 0. The largest absolute Gasteiger partial charge is 2.00 e. The second kappa shape index (κ2) is 22.3. The van der Waals surface area contributed by atoms with Crippen LogP contribution in [-0.2, 0) is 19.5 Å². The molecule has 0 unspecified atom stereocenters. The number of carboxylic acids is 2. The maximum atomic E-state index is 16.4. The van der Waals surface area contributed by atoms with Crippen LogP contribution in [0.3, 0.4) is 0 Å². The van der Waals surface area contributed by atoms with E-state index in [0.717, 1.165) is 31.8 Å². The molecule has 0 aliphatic rings. The van der Waals surface area contributed by atoms with E-state index in [1.807, 2.05) is 36.4 Å². The van der Waals surface area contributed by atoms with Gasteiger partial charge in [0.15, 0.2) is 0 Å². The molecule has 0 spiro atoms. The molecule has 0 fully saturated rings. The third-order valence-corrected chi connectivity index (χ3v) is 21.6. The molecule has 8 aromatic rings. The number of hydrogen-bond acceptors (Lipinski definition) is 5. The number of rotatable bonds is 10. The molecule has 0 radical (unpaired) electrons. The first-order valence-electron chi connectivity index (χ1n) is 19.0. The van der Waals surface area contributed by atoms with Crippen LogP contribution in [0, 0.1) is 0 Å². The minimum absolute atomic E-state index is 0. The summed E-state index contributed by atoms with van der Waals surface area (Å²) in [5, 5.41) is 27.9.